The number of benzene rings is 2. The van der Waals surface area contributed by atoms with Crippen LogP contribution in [0.15, 0.2) is 60.8 Å². The quantitative estimate of drug-likeness (QED) is 0.668. The molecule has 0 saturated heterocycles. The van der Waals surface area contributed by atoms with Crippen molar-refractivity contribution in [3.05, 3.63) is 72.1 Å². The van der Waals surface area contributed by atoms with Crippen LogP contribution in [0.5, 0.6) is 5.75 Å². The van der Waals surface area contributed by atoms with Crippen molar-refractivity contribution in [3.8, 4) is 5.75 Å². The molecule has 0 unspecified atom stereocenters. The molecular weight excluding hydrogens is 262 g/mol. The SMILES string of the molecule is O=Cc1c(OCCc2ccccn2)ccc2ccccc12. The van der Waals surface area contributed by atoms with E-state index in [-0.39, 0.29) is 0 Å². The number of nitrogens with zero attached hydrogens (tertiary/aromatic N) is 1. The highest BCUT2D eigenvalue weighted by atomic mass is 16.5. The van der Waals surface area contributed by atoms with Crippen LogP contribution in [0.2, 0.25) is 0 Å². The van der Waals surface area contributed by atoms with Gasteiger partial charge in [0.1, 0.15) is 5.75 Å². The van der Waals surface area contributed by atoms with Crippen LogP contribution < -0.4 is 4.74 Å². The molecule has 3 nitrogen and oxygen atoms in total. The Labute approximate surface area is 123 Å². The summed E-state index contributed by atoms with van der Waals surface area (Å²) >= 11 is 0. The van der Waals surface area contributed by atoms with Crippen LogP contribution in [-0.4, -0.2) is 17.9 Å². The lowest BCUT2D eigenvalue weighted by atomic mass is 10.0. The number of ether oxygens (including phenoxy) is 1. The van der Waals surface area contributed by atoms with E-state index in [0.29, 0.717) is 24.3 Å². The van der Waals surface area contributed by atoms with Crippen molar-refractivity contribution in [2.45, 2.75) is 6.42 Å². The van der Waals surface area contributed by atoms with Crippen LogP contribution in [0.4, 0.5) is 0 Å². The molecule has 0 N–H and O–H groups in total. The minimum Gasteiger partial charge on any atom is -0.492 e. The summed E-state index contributed by atoms with van der Waals surface area (Å²) in [5.41, 5.74) is 1.58. The Balaban J connectivity index is 1.79. The van der Waals surface area contributed by atoms with Gasteiger partial charge in [0.25, 0.3) is 0 Å². The molecule has 0 aliphatic rings. The summed E-state index contributed by atoms with van der Waals surface area (Å²) in [6.07, 6.45) is 3.34. The van der Waals surface area contributed by atoms with E-state index in [4.69, 9.17) is 4.74 Å². The van der Waals surface area contributed by atoms with E-state index < -0.39 is 0 Å². The lowest BCUT2D eigenvalue weighted by Crippen LogP contribution is -2.04. The van der Waals surface area contributed by atoms with Crippen LogP contribution in [0, 0.1) is 0 Å². The summed E-state index contributed by atoms with van der Waals surface area (Å²) in [6.45, 7) is 0.496. The van der Waals surface area contributed by atoms with E-state index in [1.165, 1.54) is 0 Å². The zero-order valence-electron chi connectivity index (χ0n) is 11.5. The molecule has 0 spiro atoms. The van der Waals surface area contributed by atoms with Gasteiger partial charge in [0, 0.05) is 18.3 Å². The number of hydrogen-bond acceptors (Lipinski definition) is 3. The van der Waals surface area contributed by atoms with Gasteiger partial charge in [0.15, 0.2) is 6.29 Å². The molecular formula is C18H15NO2. The van der Waals surface area contributed by atoms with Crippen LogP contribution in [0.3, 0.4) is 0 Å². The second-order valence-corrected chi connectivity index (χ2v) is 4.74. The molecule has 21 heavy (non-hydrogen) atoms. The van der Waals surface area contributed by atoms with Crippen molar-refractivity contribution < 1.29 is 9.53 Å². The maximum Gasteiger partial charge on any atom is 0.154 e. The fraction of sp³-hybridized carbons (Fsp3) is 0.111. The van der Waals surface area contributed by atoms with Crippen molar-refractivity contribution >= 4 is 17.1 Å². The fourth-order valence-corrected chi connectivity index (χ4v) is 2.33. The molecule has 2 aromatic carbocycles. The van der Waals surface area contributed by atoms with E-state index in [0.717, 1.165) is 22.8 Å². The first-order chi connectivity index (χ1) is 10.4. The van der Waals surface area contributed by atoms with Crippen molar-refractivity contribution in [3.63, 3.8) is 0 Å². The Bertz CT molecular complexity index is 754. The molecule has 0 aliphatic heterocycles. The zero-order chi connectivity index (χ0) is 14.5. The first kappa shape index (κ1) is 13.3. The number of carbonyl (C=O) groups excluding carboxylic acids is 1. The maximum atomic E-state index is 11.4. The van der Waals surface area contributed by atoms with E-state index in [1.807, 2.05) is 54.6 Å². The van der Waals surface area contributed by atoms with Gasteiger partial charge in [-0.15, -0.1) is 0 Å². The molecule has 1 aromatic heterocycles. The number of rotatable bonds is 5. The predicted octanol–water partition coefficient (Wildman–Crippen LogP) is 3.67. The summed E-state index contributed by atoms with van der Waals surface area (Å²) in [7, 11) is 0. The van der Waals surface area contributed by atoms with Crippen molar-refractivity contribution in [1.29, 1.82) is 0 Å². The number of aromatic nitrogens is 1. The lowest BCUT2D eigenvalue weighted by molar-refractivity contribution is 0.112. The highest BCUT2D eigenvalue weighted by molar-refractivity contribution is 6.00. The molecule has 3 rings (SSSR count). The normalized spacial score (nSPS) is 10.5. The first-order valence-corrected chi connectivity index (χ1v) is 6.88. The average Bonchev–Trinajstić information content (AvgIpc) is 2.55. The van der Waals surface area contributed by atoms with Crippen LogP contribution in [0.1, 0.15) is 16.1 Å². The van der Waals surface area contributed by atoms with Gasteiger partial charge in [-0.2, -0.15) is 0 Å². The van der Waals surface area contributed by atoms with Crippen LogP contribution in [-0.2, 0) is 6.42 Å². The van der Waals surface area contributed by atoms with E-state index in [1.54, 1.807) is 6.20 Å². The highest BCUT2D eigenvalue weighted by Crippen LogP contribution is 2.26. The van der Waals surface area contributed by atoms with Crippen molar-refractivity contribution in [1.82, 2.24) is 4.98 Å². The van der Waals surface area contributed by atoms with Gasteiger partial charge in [-0.1, -0.05) is 36.4 Å². The number of aldehydes is 1. The molecule has 3 aromatic rings. The molecule has 0 bridgehead atoms. The third-order valence-electron chi connectivity index (χ3n) is 3.39. The third kappa shape index (κ3) is 2.92. The Morgan fingerprint density at radius 1 is 1.00 bits per heavy atom. The van der Waals surface area contributed by atoms with Gasteiger partial charge in [0.05, 0.1) is 12.2 Å². The number of carbonyl (C=O) groups is 1. The van der Waals surface area contributed by atoms with Crippen molar-refractivity contribution in [2.75, 3.05) is 6.61 Å². The summed E-state index contributed by atoms with van der Waals surface area (Å²) in [4.78, 5) is 15.6. The molecule has 0 radical (unpaired) electrons. The Morgan fingerprint density at radius 2 is 1.86 bits per heavy atom. The molecule has 0 aliphatic carbocycles. The van der Waals surface area contributed by atoms with Gasteiger partial charge in [0.2, 0.25) is 0 Å². The molecule has 1 heterocycles. The molecule has 0 atom stereocenters. The van der Waals surface area contributed by atoms with E-state index in [9.17, 15) is 4.79 Å². The van der Waals surface area contributed by atoms with Gasteiger partial charge < -0.3 is 4.74 Å². The molecule has 0 fully saturated rings. The van der Waals surface area contributed by atoms with Gasteiger partial charge in [-0.25, -0.2) is 0 Å². The van der Waals surface area contributed by atoms with E-state index in [2.05, 4.69) is 4.98 Å². The van der Waals surface area contributed by atoms with Crippen LogP contribution >= 0.6 is 0 Å². The average molecular weight is 277 g/mol. The Kier molecular flexibility index (Phi) is 3.92. The lowest BCUT2D eigenvalue weighted by Gasteiger charge is -2.10. The van der Waals surface area contributed by atoms with Crippen molar-refractivity contribution in [2.24, 2.45) is 0 Å². The minimum absolute atomic E-state index is 0.496. The topological polar surface area (TPSA) is 39.2 Å². The minimum atomic E-state index is 0.496. The summed E-state index contributed by atoms with van der Waals surface area (Å²) in [5.74, 6) is 0.625. The monoisotopic (exact) mass is 277 g/mol. The highest BCUT2D eigenvalue weighted by Gasteiger charge is 2.07. The molecule has 0 amide bonds. The van der Waals surface area contributed by atoms with E-state index >= 15 is 0 Å². The molecule has 0 saturated carbocycles. The Hall–Kier alpha value is -2.68. The first-order valence-electron chi connectivity index (χ1n) is 6.88. The summed E-state index contributed by atoms with van der Waals surface area (Å²) in [5, 5.41) is 1.96. The standard InChI is InChI=1S/C18H15NO2/c20-13-17-16-7-2-1-5-14(16)8-9-18(17)21-12-10-15-6-3-4-11-19-15/h1-9,11,13H,10,12H2. The number of hydrogen-bond donors (Lipinski definition) is 0. The smallest absolute Gasteiger partial charge is 0.154 e. The number of pyridine rings is 1. The van der Waals surface area contributed by atoms with Gasteiger partial charge in [-0.05, 0) is 29.0 Å². The molecule has 3 heteroatoms. The zero-order valence-corrected chi connectivity index (χ0v) is 11.5. The third-order valence-corrected chi connectivity index (χ3v) is 3.39. The van der Waals surface area contributed by atoms with Crippen LogP contribution in [0.25, 0.3) is 10.8 Å². The number of fused-ring (bicyclic) bond motifs is 1. The summed E-state index contributed by atoms with van der Waals surface area (Å²) < 4.78 is 5.77. The van der Waals surface area contributed by atoms with Gasteiger partial charge >= 0.3 is 0 Å². The summed E-state index contributed by atoms with van der Waals surface area (Å²) in [6, 6.07) is 17.4. The maximum absolute atomic E-state index is 11.4. The largest absolute Gasteiger partial charge is 0.492 e. The molecule has 104 valence electrons. The van der Waals surface area contributed by atoms with Gasteiger partial charge in [-0.3, -0.25) is 9.78 Å². The predicted molar refractivity (Wildman–Crippen MR) is 82.8 cm³/mol. The second kappa shape index (κ2) is 6.18. The fourth-order valence-electron chi connectivity index (χ4n) is 2.33. The Morgan fingerprint density at radius 3 is 2.67 bits per heavy atom. The second-order valence-electron chi connectivity index (χ2n) is 4.74.